The molecule has 208 valence electrons. The van der Waals surface area contributed by atoms with Crippen LogP contribution in [0, 0.1) is 0 Å². The van der Waals surface area contributed by atoms with Gasteiger partial charge in [-0.1, -0.05) is 87.0 Å². The van der Waals surface area contributed by atoms with Gasteiger partial charge in [0, 0.05) is 29.4 Å². The molecule has 6 nitrogen and oxygen atoms in total. The van der Waals surface area contributed by atoms with Crippen LogP contribution in [0.4, 0.5) is 5.69 Å². The van der Waals surface area contributed by atoms with Gasteiger partial charge in [-0.25, -0.2) is 0 Å². The second-order valence-electron chi connectivity index (χ2n) is 10.7. The smallest absolute Gasteiger partial charge is 0.266 e. The fraction of sp³-hybridized carbons (Fsp3) is 0.219. The van der Waals surface area contributed by atoms with Crippen LogP contribution >= 0.6 is 11.6 Å². The molecule has 4 aromatic carbocycles. The highest BCUT2D eigenvalue weighted by Crippen LogP contribution is 2.30. The lowest BCUT2D eigenvalue weighted by Gasteiger charge is -2.19. The summed E-state index contributed by atoms with van der Waals surface area (Å²) in [4.78, 5) is 12.3. The fourth-order valence-electron chi connectivity index (χ4n) is 4.31. The lowest BCUT2D eigenvalue weighted by molar-refractivity contribution is 0.0956. The Kier molecular flexibility index (Phi) is 8.98. The van der Waals surface area contributed by atoms with Crippen molar-refractivity contribution in [1.29, 1.82) is 0 Å². The predicted molar refractivity (Wildman–Crippen MR) is 164 cm³/mol. The Bertz CT molecular complexity index is 1580. The van der Waals surface area contributed by atoms with Gasteiger partial charge < -0.3 is 10.6 Å². The van der Waals surface area contributed by atoms with E-state index in [1.54, 1.807) is 12.1 Å². The molecule has 8 heteroatoms. The first-order valence-electron chi connectivity index (χ1n) is 13.0. The number of carbonyl (C=O) groups excluding carboxylic acids is 1. The quantitative estimate of drug-likeness (QED) is 0.183. The van der Waals surface area contributed by atoms with Gasteiger partial charge in [0.1, 0.15) is 0 Å². The summed E-state index contributed by atoms with van der Waals surface area (Å²) in [5.41, 5.74) is 8.00. The summed E-state index contributed by atoms with van der Waals surface area (Å²) in [6, 6.07) is 29.8. The standard InChI is InChI=1S/C32H33ClN2O4S/c1-32(2,3)27-13-8-22(9-14-27)23-11-16-29(17-12-23)35-21-26-10-15-28(33)20-30(26)24-4-6-25(7-5-24)31(36)34-18-19-40(37,38)39/h4-17,20,35H,18-19,21H2,1-3H3,(H,34,36)(H,37,38,39). The molecule has 1 amide bonds. The van der Waals surface area contributed by atoms with Crippen molar-refractivity contribution in [2.45, 2.75) is 32.7 Å². The first-order chi connectivity index (χ1) is 18.9. The van der Waals surface area contributed by atoms with Crippen LogP contribution in [-0.2, 0) is 22.1 Å². The minimum absolute atomic E-state index is 0.122. The normalized spacial score (nSPS) is 11.7. The molecule has 0 fully saturated rings. The molecule has 3 N–H and O–H groups in total. The lowest BCUT2D eigenvalue weighted by Crippen LogP contribution is -2.28. The summed E-state index contributed by atoms with van der Waals surface area (Å²) in [6.07, 6.45) is 0. The van der Waals surface area contributed by atoms with Crippen LogP contribution in [0.15, 0.2) is 91.0 Å². The Morgan fingerprint density at radius 1 is 0.825 bits per heavy atom. The van der Waals surface area contributed by atoms with Gasteiger partial charge in [-0.15, -0.1) is 0 Å². The molecule has 0 saturated carbocycles. The first-order valence-corrected chi connectivity index (χ1v) is 14.9. The zero-order valence-electron chi connectivity index (χ0n) is 22.7. The van der Waals surface area contributed by atoms with E-state index in [9.17, 15) is 13.2 Å². The lowest BCUT2D eigenvalue weighted by atomic mass is 9.86. The maximum absolute atomic E-state index is 12.3. The third-order valence-electron chi connectivity index (χ3n) is 6.63. The second kappa shape index (κ2) is 12.3. The van der Waals surface area contributed by atoms with Gasteiger partial charge in [-0.3, -0.25) is 9.35 Å². The topological polar surface area (TPSA) is 95.5 Å². The maximum atomic E-state index is 12.3. The Morgan fingerprint density at radius 2 is 1.40 bits per heavy atom. The molecule has 4 rings (SSSR count). The van der Waals surface area contributed by atoms with E-state index in [0.717, 1.165) is 27.9 Å². The van der Waals surface area contributed by atoms with Crippen molar-refractivity contribution in [2.24, 2.45) is 0 Å². The molecule has 0 saturated heterocycles. The summed E-state index contributed by atoms with van der Waals surface area (Å²) < 4.78 is 30.5. The number of carbonyl (C=O) groups is 1. The van der Waals surface area contributed by atoms with E-state index in [4.69, 9.17) is 16.2 Å². The highest BCUT2D eigenvalue weighted by molar-refractivity contribution is 7.85. The summed E-state index contributed by atoms with van der Waals surface area (Å²) in [5.74, 6) is -0.958. The molecule has 0 bridgehead atoms. The van der Waals surface area contributed by atoms with Gasteiger partial charge >= 0.3 is 0 Å². The number of nitrogens with one attached hydrogen (secondary N) is 2. The van der Waals surface area contributed by atoms with Crippen molar-refractivity contribution in [2.75, 3.05) is 17.6 Å². The highest BCUT2D eigenvalue weighted by atomic mass is 35.5. The van der Waals surface area contributed by atoms with Gasteiger partial charge in [0.15, 0.2) is 0 Å². The summed E-state index contributed by atoms with van der Waals surface area (Å²) in [6.45, 7) is 7.03. The van der Waals surface area contributed by atoms with Gasteiger partial charge in [-0.2, -0.15) is 8.42 Å². The van der Waals surface area contributed by atoms with E-state index in [0.29, 0.717) is 17.1 Å². The van der Waals surface area contributed by atoms with Crippen LogP contribution in [0.5, 0.6) is 0 Å². The maximum Gasteiger partial charge on any atom is 0.266 e. The summed E-state index contributed by atoms with van der Waals surface area (Å²) in [7, 11) is -4.13. The third-order valence-corrected chi connectivity index (χ3v) is 7.58. The average molecular weight is 577 g/mol. The summed E-state index contributed by atoms with van der Waals surface area (Å²) in [5, 5.41) is 6.58. The van der Waals surface area contributed by atoms with Crippen molar-refractivity contribution in [3.8, 4) is 22.3 Å². The first kappa shape index (κ1) is 29.3. The van der Waals surface area contributed by atoms with Crippen molar-refractivity contribution in [3.05, 3.63) is 113 Å². The van der Waals surface area contributed by atoms with Crippen LogP contribution in [0.2, 0.25) is 5.02 Å². The molecule has 0 spiro atoms. The Morgan fingerprint density at radius 3 is 1.98 bits per heavy atom. The second-order valence-corrected chi connectivity index (χ2v) is 12.7. The molecule has 0 atom stereocenters. The van der Waals surface area contributed by atoms with Crippen molar-refractivity contribution in [3.63, 3.8) is 0 Å². The van der Waals surface area contributed by atoms with Crippen LogP contribution in [0.1, 0.15) is 42.3 Å². The molecular weight excluding hydrogens is 544 g/mol. The van der Waals surface area contributed by atoms with Crippen molar-refractivity contribution < 1.29 is 17.8 Å². The molecule has 0 aliphatic heterocycles. The van der Waals surface area contributed by atoms with Gasteiger partial charge in [0.05, 0.1) is 5.75 Å². The number of amides is 1. The molecule has 0 aliphatic carbocycles. The van der Waals surface area contributed by atoms with Gasteiger partial charge in [-0.05, 0) is 75.2 Å². The van der Waals surface area contributed by atoms with Gasteiger partial charge in [0.25, 0.3) is 16.0 Å². The minimum atomic E-state index is -4.13. The Balaban J connectivity index is 1.43. The SMILES string of the molecule is CC(C)(C)c1ccc(-c2ccc(NCc3ccc(Cl)cc3-c3ccc(C(=O)NCCS(=O)(=O)O)cc3)cc2)cc1. The van der Waals surface area contributed by atoms with E-state index in [-0.39, 0.29) is 12.0 Å². The fourth-order valence-corrected chi connectivity index (χ4v) is 4.84. The predicted octanol–water partition coefficient (Wildman–Crippen LogP) is 7.20. The number of benzene rings is 4. The molecule has 4 aromatic rings. The van der Waals surface area contributed by atoms with E-state index < -0.39 is 21.8 Å². The molecular formula is C32H33ClN2O4S. The molecule has 0 aromatic heterocycles. The van der Waals surface area contributed by atoms with Crippen molar-refractivity contribution in [1.82, 2.24) is 5.32 Å². The van der Waals surface area contributed by atoms with Crippen LogP contribution in [0.25, 0.3) is 22.3 Å². The minimum Gasteiger partial charge on any atom is -0.381 e. The monoisotopic (exact) mass is 576 g/mol. The highest BCUT2D eigenvalue weighted by Gasteiger charge is 2.14. The molecule has 0 radical (unpaired) electrons. The van der Waals surface area contributed by atoms with E-state index in [2.05, 4.69) is 79.9 Å². The van der Waals surface area contributed by atoms with Crippen molar-refractivity contribution >= 4 is 33.3 Å². The zero-order valence-corrected chi connectivity index (χ0v) is 24.3. The van der Waals surface area contributed by atoms with Crippen LogP contribution < -0.4 is 10.6 Å². The molecule has 0 unspecified atom stereocenters. The number of hydrogen-bond acceptors (Lipinski definition) is 4. The molecule has 40 heavy (non-hydrogen) atoms. The number of halogens is 1. The number of anilines is 1. The number of rotatable bonds is 9. The van der Waals surface area contributed by atoms with E-state index >= 15 is 0 Å². The summed E-state index contributed by atoms with van der Waals surface area (Å²) >= 11 is 6.32. The van der Waals surface area contributed by atoms with Gasteiger partial charge in [0.2, 0.25) is 0 Å². The average Bonchev–Trinajstić information content (AvgIpc) is 2.91. The largest absolute Gasteiger partial charge is 0.381 e. The van der Waals surface area contributed by atoms with Crippen LogP contribution in [-0.4, -0.2) is 31.2 Å². The zero-order chi connectivity index (χ0) is 28.9. The number of hydrogen-bond donors (Lipinski definition) is 3. The molecule has 0 aliphatic rings. The Hall–Kier alpha value is -3.65. The third kappa shape index (κ3) is 7.94. The van der Waals surface area contributed by atoms with E-state index in [1.165, 1.54) is 11.1 Å². The molecule has 0 heterocycles. The van der Waals surface area contributed by atoms with Crippen LogP contribution in [0.3, 0.4) is 0 Å². The van der Waals surface area contributed by atoms with E-state index in [1.807, 2.05) is 30.3 Å². The Labute approximate surface area is 241 Å².